The number of hydrogen-bond acceptors (Lipinski definition) is 7. The minimum atomic E-state index is -5.05. The van der Waals surface area contributed by atoms with Gasteiger partial charge in [0.2, 0.25) is 11.8 Å². The van der Waals surface area contributed by atoms with E-state index in [2.05, 4.69) is 20.7 Å². The lowest BCUT2D eigenvalue weighted by molar-refractivity contribution is -0.142. The van der Waals surface area contributed by atoms with Gasteiger partial charge in [-0.05, 0) is 66.8 Å². The van der Waals surface area contributed by atoms with Gasteiger partial charge in [0.25, 0.3) is 5.92 Å². The summed E-state index contributed by atoms with van der Waals surface area (Å²) in [6.45, 7) is 1.35. The molecule has 2 aromatic carbocycles. The molecule has 0 spiro atoms. The number of amides is 2. The van der Waals surface area contributed by atoms with Crippen molar-refractivity contribution in [3.8, 4) is 11.1 Å². The first-order valence-corrected chi connectivity index (χ1v) is 16.8. The summed E-state index contributed by atoms with van der Waals surface area (Å²) in [7, 11) is 0. The minimum absolute atomic E-state index is 0.0345. The number of aryl methyl sites for hydroxylation is 1. The Morgan fingerprint density at radius 2 is 1.83 bits per heavy atom. The van der Waals surface area contributed by atoms with Gasteiger partial charge in [-0.1, -0.05) is 17.4 Å². The molecule has 0 saturated carbocycles. The first-order chi connectivity index (χ1) is 24.6. The van der Waals surface area contributed by atoms with E-state index in [1.807, 2.05) is 0 Å². The van der Waals surface area contributed by atoms with Gasteiger partial charge in [0.15, 0.2) is 16.5 Å². The molecule has 18 heteroatoms. The summed E-state index contributed by atoms with van der Waals surface area (Å²) < 4.78 is 115. The zero-order valence-corrected chi connectivity index (χ0v) is 27.9. The largest absolute Gasteiger partial charge is 0.435 e. The molecule has 9 nitrogen and oxygen atoms in total. The number of fused-ring (bicyclic) bond motifs is 2. The molecule has 7 rings (SSSR count). The van der Waals surface area contributed by atoms with E-state index in [1.165, 1.54) is 36.5 Å². The molecule has 1 aliphatic carbocycles. The number of thiazole rings is 1. The van der Waals surface area contributed by atoms with Gasteiger partial charge in [-0.15, -0.1) is 0 Å². The van der Waals surface area contributed by atoms with Gasteiger partial charge in [0, 0.05) is 36.7 Å². The predicted molar refractivity (Wildman–Crippen MR) is 173 cm³/mol. The third kappa shape index (κ3) is 6.90. The van der Waals surface area contributed by atoms with Crippen LogP contribution < -0.4 is 15.5 Å². The van der Waals surface area contributed by atoms with Crippen molar-refractivity contribution in [3.63, 3.8) is 0 Å². The first kappa shape index (κ1) is 35.3. The van der Waals surface area contributed by atoms with E-state index in [0.717, 1.165) is 12.1 Å². The highest BCUT2D eigenvalue weighted by Crippen LogP contribution is 2.46. The lowest BCUT2D eigenvalue weighted by Gasteiger charge is -2.25. The van der Waals surface area contributed by atoms with Crippen LogP contribution >= 0.6 is 11.3 Å². The van der Waals surface area contributed by atoms with Gasteiger partial charge < -0.3 is 15.5 Å². The number of nitrogens with zero attached hydrogens (tertiary/aromatic N) is 5. The summed E-state index contributed by atoms with van der Waals surface area (Å²) in [6, 6.07) is 7.26. The molecular formula is C34H27F8N7O2S. The zero-order chi connectivity index (χ0) is 37.1. The maximum atomic E-state index is 14.8. The van der Waals surface area contributed by atoms with Crippen LogP contribution in [-0.2, 0) is 41.1 Å². The Kier molecular flexibility index (Phi) is 8.91. The molecule has 1 fully saturated rings. The fourth-order valence-corrected chi connectivity index (χ4v) is 7.53. The summed E-state index contributed by atoms with van der Waals surface area (Å²) in [4.78, 5) is 36.8. The van der Waals surface area contributed by atoms with E-state index >= 15 is 0 Å². The highest BCUT2D eigenvalue weighted by atomic mass is 32.1. The molecule has 1 unspecified atom stereocenters. The van der Waals surface area contributed by atoms with Crippen molar-refractivity contribution in [3.05, 3.63) is 93.7 Å². The van der Waals surface area contributed by atoms with Crippen LogP contribution in [0, 0.1) is 24.4 Å². The molecule has 52 heavy (non-hydrogen) atoms. The molecule has 0 radical (unpaired) electrons. The fraction of sp³-hybridized carbons (Fsp3) is 0.324. The van der Waals surface area contributed by atoms with E-state index < -0.39 is 77.8 Å². The van der Waals surface area contributed by atoms with Crippen LogP contribution in [0.2, 0.25) is 0 Å². The Morgan fingerprint density at radius 1 is 1.08 bits per heavy atom. The SMILES string of the molecule is Cc1cc(-c2cc3sc(N4CCNC(=O)C4)nc3nc2C(Cc2cc(F)cc(F)c2)NC(=O)Cn2nc(C(F)(F)F)c3c2C(F)(F)CC3)ccc1F. The summed E-state index contributed by atoms with van der Waals surface area (Å²) in [5.41, 5.74) is -1.87. The number of alkyl halides is 5. The number of hydrogen-bond donors (Lipinski definition) is 2. The molecule has 2 N–H and O–H groups in total. The van der Waals surface area contributed by atoms with Crippen LogP contribution in [0.5, 0.6) is 0 Å². The predicted octanol–water partition coefficient (Wildman–Crippen LogP) is 6.37. The molecular weight excluding hydrogens is 722 g/mol. The summed E-state index contributed by atoms with van der Waals surface area (Å²) >= 11 is 1.22. The van der Waals surface area contributed by atoms with E-state index in [-0.39, 0.29) is 41.3 Å². The van der Waals surface area contributed by atoms with Crippen molar-refractivity contribution < 1.29 is 44.7 Å². The summed E-state index contributed by atoms with van der Waals surface area (Å²) in [5, 5.41) is 9.16. The second-order valence-electron chi connectivity index (χ2n) is 12.6. The highest BCUT2D eigenvalue weighted by molar-refractivity contribution is 7.22. The second-order valence-corrected chi connectivity index (χ2v) is 13.6. The normalized spacial score (nSPS) is 16.2. The number of carbonyl (C=O) groups excluding carboxylic acids is 2. The van der Waals surface area contributed by atoms with Crippen molar-refractivity contribution in [1.29, 1.82) is 0 Å². The van der Waals surface area contributed by atoms with Crippen LogP contribution in [0.3, 0.4) is 0 Å². The number of aromatic nitrogens is 4. The van der Waals surface area contributed by atoms with Crippen LogP contribution in [-0.4, -0.2) is 51.2 Å². The summed E-state index contributed by atoms with van der Waals surface area (Å²) in [6.07, 6.45) is -6.85. The van der Waals surface area contributed by atoms with Crippen LogP contribution in [0.25, 0.3) is 21.5 Å². The number of rotatable bonds is 8. The Morgan fingerprint density at radius 3 is 2.52 bits per heavy atom. The van der Waals surface area contributed by atoms with Gasteiger partial charge in [-0.3, -0.25) is 14.3 Å². The van der Waals surface area contributed by atoms with Crippen molar-refractivity contribution in [1.82, 2.24) is 30.4 Å². The number of nitrogens with one attached hydrogen (secondary N) is 2. The van der Waals surface area contributed by atoms with E-state index in [4.69, 9.17) is 4.98 Å². The molecule has 2 aliphatic rings. The van der Waals surface area contributed by atoms with Crippen molar-refractivity contribution in [2.24, 2.45) is 0 Å². The molecule has 272 valence electrons. The second kappa shape index (κ2) is 13.1. The third-order valence-electron chi connectivity index (χ3n) is 8.85. The first-order valence-electron chi connectivity index (χ1n) is 15.9. The third-order valence-corrected chi connectivity index (χ3v) is 9.91. The van der Waals surface area contributed by atoms with Crippen LogP contribution in [0.4, 0.5) is 40.3 Å². The molecule has 0 bridgehead atoms. The lowest BCUT2D eigenvalue weighted by atomic mass is 9.94. The number of anilines is 1. The maximum Gasteiger partial charge on any atom is 0.435 e. The van der Waals surface area contributed by atoms with Gasteiger partial charge in [0.05, 0.1) is 23.0 Å². The highest BCUT2D eigenvalue weighted by Gasteiger charge is 2.50. The Hall–Kier alpha value is -5.13. The number of pyridine rings is 1. The van der Waals surface area contributed by atoms with Crippen molar-refractivity contribution >= 4 is 38.6 Å². The number of carbonyl (C=O) groups is 2. The standard InChI is InChI=1S/C34H27F8N7O2S/c1-16-8-18(2-3-23(16)37)22-13-25-31(46-32(52-25)48-7-6-43-26(50)14-48)45-28(22)24(11-17-9-19(35)12-20(36)10-17)44-27(51)15-49-30-21(4-5-33(30,38)39)29(47-49)34(40,41)42/h2-3,8-10,12-13,24H,4-7,11,14-15H2,1H3,(H,43,50)(H,44,51). The van der Waals surface area contributed by atoms with Gasteiger partial charge in [0.1, 0.15) is 29.7 Å². The molecule has 1 aliphatic heterocycles. The van der Waals surface area contributed by atoms with E-state index in [9.17, 15) is 44.7 Å². The quantitative estimate of drug-likeness (QED) is 0.179. The van der Waals surface area contributed by atoms with E-state index in [0.29, 0.717) is 44.8 Å². The van der Waals surface area contributed by atoms with Crippen LogP contribution in [0.15, 0.2) is 42.5 Å². The number of piperazine rings is 1. The Bertz CT molecular complexity index is 2220. The average Bonchev–Trinajstić information content (AvgIpc) is 3.74. The molecule has 3 aromatic heterocycles. The molecule has 5 aromatic rings. The Labute approximate surface area is 293 Å². The minimum Gasteiger partial charge on any atom is -0.353 e. The zero-order valence-electron chi connectivity index (χ0n) is 27.1. The molecule has 1 atom stereocenters. The van der Waals surface area contributed by atoms with Crippen molar-refractivity contribution in [2.75, 3.05) is 24.5 Å². The van der Waals surface area contributed by atoms with Crippen molar-refractivity contribution in [2.45, 2.75) is 50.9 Å². The fourth-order valence-electron chi connectivity index (χ4n) is 6.56. The monoisotopic (exact) mass is 749 g/mol. The lowest BCUT2D eigenvalue weighted by Crippen LogP contribution is -2.47. The number of halogens is 8. The Balaban J connectivity index is 1.33. The maximum absolute atomic E-state index is 14.8. The number of benzene rings is 2. The smallest absolute Gasteiger partial charge is 0.353 e. The van der Waals surface area contributed by atoms with Gasteiger partial charge in [-0.25, -0.2) is 18.2 Å². The van der Waals surface area contributed by atoms with Crippen LogP contribution in [0.1, 0.15) is 46.2 Å². The molecule has 1 saturated heterocycles. The van der Waals surface area contributed by atoms with Gasteiger partial charge in [-0.2, -0.15) is 32.0 Å². The topological polar surface area (TPSA) is 105 Å². The summed E-state index contributed by atoms with van der Waals surface area (Å²) in [5.74, 6) is -7.31. The van der Waals surface area contributed by atoms with Gasteiger partial charge >= 0.3 is 6.18 Å². The average molecular weight is 750 g/mol. The molecule has 4 heterocycles. The molecule has 2 amide bonds. The van der Waals surface area contributed by atoms with E-state index in [1.54, 1.807) is 11.0 Å².